The van der Waals surface area contributed by atoms with Crippen molar-refractivity contribution in [2.24, 2.45) is 0 Å². The number of nitrogens with zero attached hydrogens (tertiary/aromatic N) is 2. The second-order valence-corrected chi connectivity index (χ2v) is 7.87. The molecule has 1 fully saturated rings. The standard InChI is InChI=1S/C22H23N3O2/c1-15-6-7-19(27-15)16-4-2-5-17(12-16)21(26)25-11-3-9-22(14-25)10-8-18-13-23-24-20(18)22/h2,4-7,12-13H,3,8-11,14H2,1H3,(H,23,24). The molecule has 2 aromatic heterocycles. The summed E-state index contributed by atoms with van der Waals surface area (Å²) in [5.41, 5.74) is 4.29. The van der Waals surface area contributed by atoms with E-state index in [4.69, 9.17) is 4.42 Å². The van der Waals surface area contributed by atoms with E-state index in [0.29, 0.717) is 0 Å². The van der Waals surface area contributed by atoms with Crippen molar-refractivity contribution < 1.29 is 9.21 Å². The fourth-order valence-corrected chi connectivity index (χ4v) is 4.75. The summed E-state index contributed by atoms with van der Waals surface area (Å²) >= 11 is 0. The Morgan fingerprint density at radius 2 is 2.19 bits per heavy atom. The van der Waals surface area contributed by atoms with Crippen molar-refractivity contribution in [1.29, 1.82) is 0 Å². The first kappa shape index (κ1) is 16.4. The molecule has 1 aliphatic heterocycles. The third kappa shape index (κ3) is 2.69. The van der Waals surface area contributed by atoms with Crippen LogP contribution in [0.3, 0.4) is 0 Å². The third-order valence-electron chi connectivity index (χ3n) is 6.12. The summed E-state index contributed by atoms with van der Waals surface area (Å²) in [6, 6.07) is 11.7. The summed E-state index contributed by atoms with van der Waals surface area (Å²) in [6.07, 6.45) is 6.26. The van der Waals surface area contributed by atoms with E-state index in [1.807, 2.05) is 54.4 Å². The molecule has 1 saturated heterocycles. The summed E-state index contributed by atoms with van der Waals surface area (Å²) in [4.78, 5) is 15.3. The maximum Gasteiger partial charge on any atom is 0.253 e. The number of H-pyrrole nitrogens is 1. The molecule has 0 bridgehead atoms. The van der Waals surface area contributed by atoms with Gasteiger partial charge in [0, 0.05) is 35.3 Å². The van der Waals surface area contributed by atoms with Crippen LogP contribution < -0.4 is 0 Å². The fourth-order valence-electron chi connectivity index (χ4n) is 4.75. The van der Waals surface area contributed by atoms with Crippen molar-refractivity contribution in [3.05, 3.63) is 65.2 Å². The number of aryl methyl sites for hydroxylation is 2. The van der Waals surface area contributed by atoms with Crippen LogP contribution in [0.4, 0.5) is 0 Å². The minimum absolute atomic E-state index is 0.0511. The lowest BCUT2D eigenvalue weighted by Crippen LogP contribution is -2.47. The lowest BCUT2D eigenvalue weighted by molar-refractivity contribution is 0.0633. The molecule has 5 nitrogen and oxygen atoms in total. The SMILES string of the molecule is Cc1ccc(-c2cccc(C(=O)N3CCCC4(CCc5cn[nH]c54)C3)c2)o1. The highest BCUT2D eigenvalue weighted by molar-refractivity contribution is 5.95. The van der Waals surface area contributed by atoms with Gasteiger partial charge in [-0.3, -0.25) is 9.89 Å². The number of furan rings is 1. The van der Waals surface area contributed by atoms with Crippen LogP contribution in [-0.4, -0.2) is 34.1 Å². The molecule has 0 saturated carbocycles. The van der Waals surface area contributed by atoms with Crippen molar-refractivity contribution in [1.82, 2.24) is 15.1 Å². The molecule has 27 heavy (non-hydrogen) atoms. The summed E-state index contributed by atoms with van der Waals surface area (Å²) in [6.45, 7) is 3.51. The topological polar surface area (TPSA) is 62.1 Å². The Morgan fingerprint density at radius 1 is 1.26 bits per heavy atom. The number of amides is 1. The maximum absolute atomic E-state index is 13.2. The van der Waals surface area contributed by atoms with Gasteiger partial charge in [0.05, 0.1) is 6.20 Å². The minimum atomic E-state index is 0.0511. The van der Waals surface area contributed by atoms with Crippen LogP contribution in [0.1, 0.15) is 46.6 Å². The predicted molar refractivity (Wildman–Crippen MR) is 103 cm³/mol. The molecule has 5 heteroatoms. The molecule has 2 aliphatic rings. The molecule has 1 atom stereocenters. The number of likely N-dealkylation sites (tertiary alicyclic amines) is 1. The Bertz CT molecular complexity index is 1000. The monoisotopic (exact) mass is 361 g/mol. The summed E-state index contributed by atoms with van der Waals surface area (Å²) < 4.78 is 5.72. The molecule has 1 N–H and O–H groups in total. The zero-order valence-electron chi connectivity index (χ0n) is 15.5. The maximum atomic E-state index is 13.2. The number of hydrogen-bond donors (Lipinski definition) is 1. The smallest absolute Gasteiger partial charge is 0.253 e. The van der Waals surface area contributed by atoms with Crippen LogP contribution in [0.25, 0.3) is 11.3 Å². The fraction of sp³-hybridized carbons (Fsp3) is 0.364. The number of hydrogen-bond acceptors (Lipinski definition) is 3. The third-order valence-corrected chi connectivity index (χ3v) is 6.12. The Hall–Kier alpha value is -2.82. The molecule has 1 amide bonds. The summed E-state index contributed by atoms with van der Waals surface area (Å²) in [7, 11) is 0. The molecule has 3 heterocycles. The van der Waals surface area contributed by atoms with E-state index in [2.05, 4.69) is 10.2 Å². The van der Waals surface area contributed by atoms with Gasteiger partial charge in [-0.1, -0.05) is 12.1 Å². The van der Waals surface area contributed by atoms with Crippen LogP contribution in [0.2, 0.25) is 0 Å². The quantitative estimate of drug-likeness (QED) is 0.747. The van der Waals surface area contributed by atoms with E-state index in [0.717, 1.165) is 61.4 Å². The van der Waals surface area contributed by atoms with E-state index < -0.39 is 0 Å². The van der Waals surface area contributed by atoms with Gasteiger partial charge in [-0.25, -0.2) is 0 Å². The number of nitrogens with one attached hydrogen (secondary N) is 1. The van der Waals surface area contributed by atoms with Gasteiger partial charge in [0.1, 0.15) is 11.5 Å². The summed E-state index contributed by atoms with van der Waals surface area (Å²) in [5, 5.41) is 7.44. The molecular weight excluding hydrogens is 338 g/mol. The van der Waals surface area contributed by atoms with Crippen molar-refractivity contribution in [3.8, 4) is 11.3 Å². The number of carbonyl (C=O) groups excluding carboxylic acids is 1. The van der Waals surface area contributed by atoms with Gasteiger partial charge in [-0.15, -0.1) is 0 Å². The average Bonchev–Trinajstić information content (AvgIpc) is 3.41. The molecular formula is C22H23N3O2. The van der Waals surface area contributed by atoms with Crippen LogP contribution in [0.15, 0.2) is 47.0 Å². The van der Waals surface area contributed by atoms with Gasteiger partial charge in [0.15, 0.2) is 0 Å². The Labute approximate surface area is 158 Å². The molecule has 3 aromatic rings. The number of benzene rings is 1. The second kappa shape index (κ2) is 6.12. The van der Waals surface area contributed by atoms with Gasteiger partial charge in [-0.2, -0.15) is 5.10 Å². The van der Waals surface area contributed by atoms with Gasteiger partial charge in [0.25, 0.3) is 5.91 Å². The van der Waals surface area contributed by atoms with Crippen molar-refractivity contribution >= 4 is 5.91 Å². The number of carbonyl (C=O) groups is 1. The Balaban J connectivity index is 1.41. The highest BCUT2D eigenvalue weighted by Crippen LogP contribution is 2.44. The van der Waals surface area contributed by atoms with E-state index in [1.54, 1.807) is 0 Å². The number of rotatable bonds is 2. The molecule has 1 unspecified atom stereocenters. The number of fused-ring (bicyclic) bond motifs is 2. The van der Waals surface area contributed by atoms with Gasteiger partial charge < -0.3 is 9.32 Å². The van der Waals surface area contributed by atoms with Gasteiger partial charge >= 0.3 is 0 Å². The summed E-state index contributed by atoms with van der Waals surface area (Å²) in [5.74, 6) is 1.78. The molecule has 0 radical (unpaired) electrons. The number of aromatic nitrogens is 2. The van der Waals surface area contributed by atoms with Crippen LogP contribution in [0.5, 0.6) is 0 Å². The lowest BCUT2D eigenvalue weighted by Gasteiger charge is -2.40. The molecule has 138 valence electrons. The Morgan fingerprint density at radius 3 is 3.04 bits per heavy atom. The van der Waals surface area contributed by atoms with Crippen molar-refractivity contribution in [3.63, 3.8) is 0 Å². The molecule has 1 aliphatic carbocycles. The molecule has 1 aromatic carbocycles. The Kier molecular flexibility index (Phi) is 3.71. The van der Waals surface area contributed by atoms with E-state index in [1.165, 1.54) is 11.3 Å². The highest BCUT2D eigenvalue weighted by atomic mass is 16.3. The van der Waals surface area contributed by atoms with Crippen LogP contribution in [0, 0.1) is 6.92 Å². The number of piperidine rings is 1. The van der Waals surface area contributed by atoms with Crippen molar-refractivity contribution in [2.75, 3.05) is 13.1 Å². The molecule has 5 rings (SSSR count). The number of aromatic amines is 1. The molecule has 1 spiro atoms. The van der Waals surface area contributed by atoms with Crippen LogP contribution >= 0.6 is 0 Å². The highest BCUT2D eigenvalue weighted by Gasteiger charge is 2.44. The largest absolute Gasteiger partial charge is 0.461 e. The first-order chi connectivity index (χ1) is 13.1. The van der Waals surface area contributed by atoms with Crippen molar-refractivity contribution in [2.45, 2.75) is 38.0 Å². The first-order valence-corrected chi connectivity index (χ1v) is 9.64. The van der Waals surface area contributed by atoms with Crippen LogP contribution in [-0.2, 0) is 11.8 Å². The van der Waals surface area contributed by atoms with Gasteiger partial charge in [-0.05, 0) is 62.4 Å². The van der Waals surface area contributed by atoms with E-state index in [-0.39, 0.29) is 11.3 Å². The normalized spacial score (nSPS) is 21.6. The average molecular weight is 361 g/mol. The van der Waals surface area contributed by atoms with E-state index in [9.17, 15) is 4.79 Å². The lowest BCUT2D eigenvalue weighted by atomic mass is 9.77. The zero-order valence-corrected chi connectivity index (χ0v) is 15.5. The zero-order chi connectivity index (χ0) is 18.4. The predicted octanol–water partition coefficient (Wildman–Crippen LogP) is 4.10. The second-order valence-electron chi connectivity index (χ2n) is 7.87. The van der Waals surface area contributed by atoms with Gasteiger partial charge in [0.2, 0.25) is 0 Å². The first-order valence-electron chi connectivity index (χ1n) is 9.64. The minimum Gasteiger partial charge on any atom is -0.461 e. The van der Waals surface area contributed by atoms with E-state index >= 15 is 0 Å².